The number of esters is 1. The van der Waals surface area contributed by atoms with E-state index in [1.807, 2.05) is 39.0 Å². The highest BCUT2D eigenvalue weighted by Crippen LogP contribution is 2.50. The van der Waals surface area contributed by atoms with Crippen LogP contribution >= 0.6 is 24.2 Å². The van der Waals surface area contributed by atoms with Crippen LogP contribution in [0.3, 0.4) is 0 Å². The van der Waals surface area contributed by atoms with Crippen LogP contribution in [0.25, 0.3) is 0 Å². The molecule has 4 bridgehead atoms. The molecule has 0 saturated carbocycles. The van der Waals surface area contributed by atoms with Crippen LogP contribution in [-0.2, 0) is 36.0 Å². The Morgan fingerprint density at radius 3 is 2.58 bits per heavy atom. The fraction of sp³-hybridized carbons (Fsp3) is 0.500. The van der Waals surface area contributed by atoms with Crippen LogP contribution in [0.5, 0.6) is 5.75 Å². The van der Waals surface area contributed by atoms with E-state index >= 15 is 0 Å². The number of carbonyl (C=O) groups excluding carboxylic acids is 3. The van der Waals surface area contributed by atoms with Crippen molar-refractivity contribution in [3.8, 4) is 5.75 Å². The average molecular weight is 727 g/mol. The van der Waals surface area contributed by atoms with Gasteiger partial charge in [-0.3, -0.25) is 9.59 Å². The lowest BCUT2D eigenvalue weighted by atomic mass is 9.77. The van der Waals surface area contributed by atoms with E-state index in [1.165, 1.54) is 19.1 Å². The summed E-state index contributed by atoms with van der Waals surface area (Å²) in [6.07, 6.45) is 4.43. The molecule has 3 aliphatic rings. The average Bonchev–Trinajstić information content (AvgIpc) is 3.82. The van der Waals surface area contributed by atoms with Gasteiger partial charge in [0, 0.05) is 32.8 Å². The minimum Gasteiger partial charge on any atom is -0.495 e. The molecular formula is C38H47ClN2O8S. The summed E-state index contributed by atoms with van der Waals surface area (Å²) in [5.74, 6) is -0.637. The molecule has 0 aromatic heterocycles. The number of methoxy groups -OCH3 is 2. The fourth-order valence-electron chi connectivity index (χ4n) is 7.19. The number of hydrogen-bond donors (Lipinski definition) is 3. The SMILES string of the molecule is COc1cc2cc(c1Cl)N(C)C(=O)CC(OC(=O)c1ccc(CS)cc1)C1(C)OC1C(C)C1CCC(=O)NC(O)(C1)C(OC)/C=C/C=C(\C)C2. The van der Waals surface area contributed by atoms with Crippen LogP contribution in [0.1, 0.15) is 67.9 Å². The largest absolute Gasteiger partial charge is 0.495 e. The van der Waals surface area contributed by atoms with Gasteiger partial charge in [-0.1, -0.05) is 54.5 Å². The van der Waals surface area contributed by atoms with Crippen molar-refractivity contribution in [3.05, 3.63) is 81.9 Å². The van der Waals surface area contributed by atoms with Crippen LogP contribution in [-0.4, -0.2) is 73.8 Å². The summed E-state index contributed by atoms with van der Waals surface area (Å²) in [5.41, 5.74) is 0.836. The normalized spacial score (nSPS) is 32.1. The number of ether oxygens (including phenoxy) is 4. The maximum atomic E-state index is 14.1. The highest BCUT2D eigenvalue weighted by Gasteiger charge is 2.63. The number of aliphatic hydroxyl groups is 1. The monoisotopic (exact) mass is 726 g/mol. The second kappa shape index (κ2) is 15.5. The van der Waals surface area contributed by atoms with Gasteiger partial charge in [0.25, 0.3) is 0 Å². The number of allylic oxidation sites excluding steroid dienone is 3. The molecule has 7 atom stereocenters. The first-order chi connectivity index (χ1) is 23.7. The van der Waals surface area contributed by atoms with Gasteiger partial charge in [-0.25, -0.2) is 4.79 Å². The molecule has 3 heterocycles. The van der Waals surface area contributed by atoms with Gasteiger partial charge in [-0.15, -0.1) is 0 Å². The van der Waals surface area contributed by atoms with Crippen LogP contribution < -0.4 is 15.0 Å². The number of epoxide rings is 1. The molecule has 0 radical (unpaired) electrons. The van der Waals surface area contributed by atoms with E-state index in [4.69, 9.17) is 30.5 Å². The van der Waals surface area contributed by atoms with E-state index in [2.05, 4.69) is 17.9 Å². The topological polar surface area (TPSA) is 127 Å². The molecule has 2 saturated heterocycles. The lowest BCUT2D eigenvalue weighted by Gasteiger charge is -2.36. The van der Waals surface area contributed by atoms with E-state index in [0.717, 1.165) is 16.7 Å². The van der Waals surface area contributed by atoms with Crippen molar-refractivity contribution >= 4 is 47.7 Å². The number of hydrogen-bond acceptors (Lipinski definition) is 9. The molecule has 0 spiro atoms. The maximum absolute atomic E-state index is 14.1. The number of benzene rings is 2. The third-order valence-corrected chi connectivity index (χ3v) is 11.1. The first-order valence-corrected chi connectivity index (χ1v) is 17.9. The van der Waals surface area contributed by atoms with Crippen molar-refractivity contribution in [3.63, 3.8) is 0 Å². The summed E-state index contributed by atoms with van der Waals surface area (Å²) in [4.78, 5) is 42.0. The van der Waals surface area contributed by atoms with Gasteiger partial charge in [0.1, 0.15) is 28.6 Å². The number of anilines is 1. The van der Waals surface area contributed by atoms with Crippen molar-refractivity contribution in [2.45, 2.75) is 88.3 Å². The molecule has 2 aromatic carbocycles. The van der Waals surface area contributed by atoms with Gasteiger partial charge < -0.3 is 34.3 Å². The van der Waals surface area contributed by atoms with E-state index in [1.54, 1.807) is 43.5 Å². The fourth-order valence-corrected chi connectivity index (χ4v) is 7.71. The Hall–Kier alpha value is -3.35. The van der Waals surface area contributed by atoms with Gasteiger partial charge in [-0.05, 0) is 73.9 Å². The van der Waals surface area contributed by atoms with Crippen molar-refractivity contribution < 1.29 is 38.4 Å². The number of nitrogens with zero attached hydrogens (tertiary/aromatic N) is 1. The zero-order chi connectivity index (χ0) is 36.4. The lowest BCUT2D eigenvalue weighted by molar-refractivity contribution is -0.139. The molecule has 2 aromatic rings. The third-order valence-electron chi connectivity index (χ3n) is 10.3. The van der Waals surface area contributed by atoms with E-state index in [-0.39, 0.29) is 47.9 Å². The zero-order valence-corrected chi connectivity index (χ0v) is 31.1. The number of nitrogens with one attached hydrogen (secondary N) is 1. The molecular weight excluding hydrogens is 680 g/mol. The predicted molar refractivity (Wildman–Crippen MR) is 195 cm³/mol. The molecule has 2 amide bonds. The van der Waals surface area contributed by atoms with Gasteiger partial charge in [0.2, 0.25) is 11.8 Å². The molecule has 2 fully saturated rings. The van der Waals surface area contributed by atoms with Gasteiger partial charge in [0.05, 0.1) is 30.9 Å². The van der Waals surface area contributed by atoms with Crippen LogP contribution in [0, 0.1) is 11.8 Å². The number of halogens is 1. The molecule has 0 aliphatic carbocycles. The quantitative estimate of drug-likeness (QED) is 0.200. The summed E-state index contributed by atoms with van der Waals surface area (Å²) < 4.78 is 23.8. The summed E-state index contributed by atoms with van der Waals surface area (Å²) in [5, 5.41) is 15.0. The molecule has 7 unspecified atom stereocenters. The number of rotatable bonds is 5. The van der Waals surface area contributed by atoms with E-state index < -0.39 is 35.6 Å². The van der Waals surface area contributed by atoms with Gasteiger partial charge in [-0.2, -0.15) is 12.6 Å². The van der Waals surface area contributed by atoms with Gasteiger partial charge in [0.15, 0.2) is 5.72 Å². The number of amides is 2. The second-order valence-electron chi connectivity index (χ2n) is 13.8. The predicted octanol–water partition coefficient (Wildman–Crippen LogP) is 5.83. The summed E-state index contributed by atoms with van der Waals surface area (Å²) >= 11 is 11.1. The van der Waals surface area contributed by atoms with E-state index in [0.29, 0.717) is 35.6 Å². The second-order valence-corrected chi connectivity index (χ2v) is 14.5. The Labute approximate surface area is 304 Å². The Morgan fingerprint density at radius 1 is 1.20 bits per heavy atom. The van der Waals surface area contributed by atoms with E-state index in [9.17, 15) is 19.5 Å². The summed E-state index contributed by atoms with van der Waals surface area (Å²) in [6, 6.07) is 10.6. The highest BCUT2D eigenvalue weighted by molar-refractivity contribution is 7.79. The number of fused-ring (bicyclic) bond motifs is 5. The molecule has 270 valence electrons. The third kappa shape index (κ3) is 8.07. The molecule has 12 heteroatoms. The highest BCUT2D eigenvalue weighted by atomic mass is 35.5. The lowest BCUT2D eigenvalue weighted by Crippen LogP contribution is -2.56. The van der Waals surface area contributed by atoms with Crippen molar-refractivity contribution in [1.82, 2.24) is 5.32 Å². The zero-order valence-electron chi connectivity index (χ0n) is 29.4. The van der Waals surface area contributed by atoms with Crippen molar-refractivity contribution in [2.24, 2.45) is 11.8 Å². The summed E-state index contributed by atoms with van der Waals surface area (Å²) in [6.45, 7) is 5.80. The maximum Gasteiger partial charge on any atom is 0.338 e. The Morgan fingerprint density at radius 2 is 1.92 bits per heavy atom. The van der Waals surface area contributed by atoms with Crippen LogP contribution in [0.2, 0.25) is 5.02 Å². The first kappa shape index (κ1) is 37.9. The molecule has 50 heavy (non-hydrogen) atoms. The minimum absolute atomic E-state index is 0.174. The molecule has 5 rings (SSSR count). The molecule has 2 N–H and O–H groups in total. The molecule has 10 nitrogen and oxygen atoms in total. The van der Waals surface area contributed by atoms with Crippen molar-refractivity contribution in [1.29, 1.82) is 0 Å². The smallest absolute Gasteiger partial charge is 0.338 e. The Bertz CT molecular complexity index is 1660. The van der Waals surface area contributed by atoms with Crippen molar-refractivity contribution in [2.75, 3.05) is 26.2 Å². The number of thiol groups is 1. The standard InChI is InChI=1S/C38H47ClN2O8S/c1-22-8-7-9-30(47-6)38(45)20-27(14-15-32(42)40-38)23(2)35-37(3,49-35)31(48-36(44)26-12-10-24(21-50)11-13-26)19-33(43)41(4)28-17-25(16-22)18-29(46-5)34(28)39/h7-13,17-18,23,27,30-31,35,45,50H,14-16,19-21H2,1-6H3,(H,40,42)/b9-7+,22-8+. The van der Waals surface area contributed by atoms with Crippen LogP contribution in [0.15, 0.2) is 60.2 Å². The minimum atomic E-state index is -1.68. The summed E-state index contributed by atoms with van der Waals surface area (Å²) in [7, 11) is 4.64. The first-order valence-electron chi connectivity index (χ1n) is 16.8. The Kier molecular flexibility index (Phi) is 11.7. The van der Waals surface area contributed by atoms with Gasteiger partial charge >= 0.3 is 5.97 Å². The van der Waals surface area contributed by atoms with Crippen LogP contribution in [0.4, 0.5) is 5.69 Å². The number of carbonyl (C=O) groups is 3. The molecule has 3 aliphatic heterocycles. The Balaban J connectivity index is 1.57.